The van der Waals surface area contributed by atoms with Crippen LogP contribution < -0.4 is 11.1 Å². The molecular formula is C14H18N6O. The summed E-state index contributed by atoms with van der Waals surface area (Å²) in [6, 6.07) is 3.70. The first-order chi connectivity index (χ1) is 10.1. The number of carbonyl (C=O) groups is 1. The Balaban J connectivity index is 1.67. The van der Waals surface area contributed by atoms with Gasteiger partial charge in [-0.05, 0) is 25.0 Å². The quantitative estimate of drug-likeness (QED) is 0.489. The number of carbonyl (C=O) groups excluding carboxylic acids is 1. The number of aromatic amines is 1. The first-order valence-electron chi connectivity index (χ1n) is 6.97. The maximum absolute atomic E-state index is 12.4. The van der Waals surface area contributed by atoms with Gasteiger partial charge in [-0.2, -0.15) is 0 Å². The highest BCUT2D eigenvalue weighted by Gasteiger charge is 2.25. The molecule has 0 unspecified atom stereocenters. The summed E-state index contributed by atoms with van der Waals surface area (Å²) in [7, 11) is 0. The minimum absolute atomic E-state index is 0.0203. The van der Waals surface area contributed by atoms with Gasteiger partial charge in [-0.15, -0.1) is 0 Å². The largest absolute Gasteiger partial charge is 0.370 e. The lowest BCUT2D eigenvalue weighted by atomic mass is 9.96. The molecule has 1 saturated heterocycles. The third-order valence-corrected chi connectivity index (χ3v) is 3.92. The predicted octanol–water partition coefficient (Wildman–Crippen LogP) is 1.11. The molecule has 0 spiro atoms. The van der Waals surface area contributed by atoms with Gasteiger partial charge in [-0.3, -0.25) is 10.2 Å². The van der Waals surface area contributed by atoms with Gasteiger partial charge >= 0.3 is 0 Å². The van der Waals surface area contributed by atoms with E-state index < -0.39 is 0 Å². The number of anilines is 1. The second kappa shape index (κ2) is 5.43. The number of hydrogen-bond acceptors (Lipinski definition) is 3. The van der Waals surface area contributed by atoms with Gasteiger partial charge < -0.3 is 20.9 Å². The Kier molecular flexibility index (Phi) is 3.47. The smallest absolute Gasteiger partial charge is 0.227 e. The molecule has 7 nitrogen and oxygen atoms in total. The van der Waals surface area contributed by atoms with Crippen molar-refractivity contribution >= 4 is 28.6 Å². The fourth-order valence-corrected chi connectivity index (χ4v) is 2.69. The molecule has 7 heteroatoms. The van der Waals surface area contributed by atoms with E-state index in [9.17, 15) is 4.79 Å². The number of aromatic nitrogens is 2. The maximum atomic E-state index is 12.4. The van der Waals surface area contributed by atoms with Crippen molar-refractivity contribution in [1.29, 1.82) is 5.41 Å². The van der Waals surface area contributed by atoms with Crippen LogP contribution in [0, 0.1) is 11.3 Å². The zero-order chi connectivity index (χ0) is 14.8. The molecule has 0 aromatic carbocycles. The highest BCUT2D eigenvalue weighted by Crippen LogP contribution is 2.23. The van der Waals surface area contributed by atoms with Crippen LogP contribution in [0.1, 0.15) is 12.8 Å². The molecule has 0 radical (unpaired) electrons. The molecule has 1 aliphatic heterocycles. The Morgan fingerprint density at radius 1 is 1.43 bits per heavy atom. The number of amides is 1. The van der Waals surface area contributed by atoms with E-state index in [1.165, 1.54) is 0 Å². The SMILES string of the molecule is N=C(N)N1CCC(C(=O)Nc2ccnc3[nH]ccc23)CC1. The molecule has 0 aliphatic carbocycles. The van der Waals surface area contributed by atoms with Crippen molar-refractivity contribution in [3.8, 4) is 0 Å². The number of piperidine rings is 1. The summed E-state index contributed by atoms with van der Waals surface area (Å²) in [6.07, 6.45) is 4.91. The number of rotatable bonds is 2. The second-order valence-electron chi connectivity index (χ2n) is 5.23. The fraction of sp³-hybridized carbons (Fsp3) is 0.357. The Morgan fingerprint density at radius 2 is 2.19 bits per heavy atom. The zero-order valence-electron chi connectivity index (χ0n) is 11.6. The summed E-state index contributed by atoms with van der Waals surface area (Å²) < 4.78 is 0. The Labute approximate surface area is 122 Å². The standard InChI is InChI=1S/C14H18N6O/c15-14(16)20-7-3-9(4-8-20)13(21)19-11-2-6-18-12-10(11)1-5-17-12/h1-2,5-6,9H,3-4,7-8H2,(H3,15,16)(H2,17,18,19,21). The van der Waals surface area contributed by atoms with E-state index in [1.807, 2.05) is 6.07 Å². The molecule has 1 aliphatic rings. The number of hydrogen-bond donors (Lipinski definition) is 4. The first kappa shape index (κ1) is 13.4. The van der Waals surface area contributed by atoms with E-state index in [-0.39, 0.29) is 17.8 Å². The van der Waals surface area contributed by atoms with Gasteiger partial charge in [0.05, 0.1) is 5.69 Å². The van der Waals surface area contributed by atoms with Crippen LogP contribution in [-0.4, -0.2) is 39.8 Å². The van der Waals surface area contributed by atoms with Crippen LogP contribution in [0.25, 0.3) is 11.0 Å². The van der Waals surface area contributed by atoms with Gasteiger partial charge in [-0.25, -0.2) is 4.98 Å². The van der Waals surface area contributed by atoms with Crippen LogP contribution in [0.2, 0.25) is 0 Å². The molecule has 1 fully saturated rings. The van der Waals surface area contributed by atoms with E-state index in [2.05, 4.69) is 15.3 Å². The molecule has 2 aromatic rings. The van der Waals surface area contributed by atoms with Crippen LogP contribution >= 0.6 is 0 Å². The molecule has 110 valence electrons. The average Bonchev–Trinajstić information content (AvgIpc) is 2.97. The van der Waals surface area contributed by atoms with Crippen molar-refractivity contribution in [3.63, 3.8) is 0 Å². The van der Waals surface area contributed by atoms with E-state index in [1.54, 1.807) is 23.4 Å². The van der Waals surface area contributed by atoms with Crippen LogP contribution in [0.3, 0.4) is 0 Å². The van der Waals surface area contributed by atoms with Gasteiger partial charge in [0.1, 0.15) is 5.65 Å². The molecular weight excluding hydrogens is 268 g/mol. The third kappa shape index (κ3) is 2.67. The van der Waals surface area contributed by atoms with Gasteiger partial charge in [0, 0.05) is 36.8 Å². The van der Waals surface area contributed by atoms with Crippen molar-refractivity contribution < 1.29 is 4.79 Å². The van der Waals surface area contributed by atoms with E-state index >= 15 is 0 Å². The highest BCUT2D eigenvalue weighted by atomic mass is 16.1. The Morgan fingerprint density at radius 3 is 2.90 bits per heavy atom. The maximum Gasteiger partial charge on any atom is 0.227 e. The number of likely N-dealkylation sites (tertiary alicyclic amines) is 1. The summed E-state index contributed by atoms with van der Waals surface area (Å²) in [5, 5.41) is 11.3. The minimum Gasteiger partial charge on any atom is -0.370 e. The van der Waals surface area contributed by atoms with Crippen LogP contribution in [0.15, 0.2) is 24.5 Å². The van der Waals surface area contributed by atoms with Crippen molar-refractivity contribution in [3.05, 3.63) is 24.5 Å². The molecule has 5 N–H and O–H groups in total. The summed E-state index contributed by atoms with van der Waals surface area (Å²) in [4.78, 5) is 21.4. The lowest BCUT2D eigenvalue weighted by Crippen LogP contribution is -2.44. The Hall–Kier alpha value is -2.57. The summed E-state index contributed by atoms with van der Waals surface area (Å²) >= 11 is 0. The van der Waals surface area contributed by atoms with E-state index in [0.29, 0.717) is 25.9 Å². The Bertz CT molecular complexity index is 671. The molecule has 0 bridgehead atoms. The summed E-state index contributed by atoms with van der Waals surface area (Å²) in [6.45, 7) is 1.31. The molecule has 0 saturated carbocycles. The predicted molar refractivity (Wildman–Crippen MR) is 80.9 cm³/mol. The minimum atomic E-state index is -0.0391. The lowest BCUT2D eigenvalue weighted by molar-refractivity contribution is -0.120. The van der Waals surface area contributed by atoms with Crippen molar-refractivity contribution in [2.45, 2.75) is 12.8 Å². The zero-order valence-corrected chi connectivity index (χ0v) is 11.6. The number of nitrogens with one attached hydrogen (secondary N) is 3. The molecule has 0 atom stereocenters. The van der Waals surface area contributed by atoms with E-state index in [4.69, 9.17) is 11.1 Å². The molecule has 3 heterocycles. The first-order valence-corrected chi connectivity index (χ1v) is 6.97. The van der Waals surface area contributed by atoms with Crippen LogP contribution in [0.4, 0.5) is 5.69 Å². The number of fused-ring (bicyclic) bond motifs is 1. The van der Waals surface area contributed by atoms with Gasteiger partial charge in [0.2, 0.25) is 5.91 Å². The average molecular weight is 286 g/mol. The van der Waals surface area contributed by atoms with E-state index in [0.717, 1.165) is 16.7 Å². The molecule has 3 rings (SSSR count). The topological polar surface area (TPSA) is 111 Å². The van der Waals surface area contributed by atoms with Crippen molar-refractivity contribution in [1.82, 2.24) is 14.9 Å². The van der Waals surface area contributed by atoms with Gasteiger partial charge in [0.15, 0.2) is 5.96 Å². The number of pyridine rings is 1. The normalized spacial score (nSPS) is 16.1. The van der Waals surface area contributed by atoms with Crippen LogP contribution in [0.5, 0.6) is 0 Å². The third-order valence-electron chi connectivity index (χ3n) is 3.92. The molecule has 1 amide bonds. The van der Waals surface area contributed by atoms with Crippen molar-refractivity contribution in [2.75, 3.05) is 18.4 Å². The molecule has 21 heavy (non-hydrogen) atoms. The number of nitrogens with zero attached hydrogens (tertiary/aromatic N) is 2. The monoisotopic (exact) mass is 286 g/mol. The number of guanidine groups is 1. The lowest BCUT2D eigenvalue weighted by Gasteiger charge is -2.31. The second-order valence-corrected chi connectivity index (χ2v) is 5.23. The summed E-state index contributed by atoms with van der Waals surface area (Å²) in [5.74, 6) is 0.0617. The number of H-pyrrole nitrogens is 1. The molecule has 2 aromatic heterocycles. The summed E-state index contributed by atoms with van der Waals surface area (Å²) in [5.41, 5.74) is 7.00. The number of nitrogens with two attached hydrogens (primary N) is 1. The van der Waals surface area contributed by atoms with Gasteiger partial charge in [0.25, 0.3) is 0 Å². The van der Waals surface area contributed by atoms with Crippen molar-refractivity contribution in [2.24, 2.45) is 11.7 Å². The van der Waals surface area contributed by atoms with Crippen LogP contribution in [-0.2, 0) is 4.79 Å². The fourth-order valence-electron chi connectivity index (χ4n) is 2.69. The highest BCUT2D eigenvalue weighted by molar-refractivity contribution is 6.01. The van der Waals surface area contributed by atoms with Gasteiger partial charge in [-0.1, -0.05) is 0 Å².